The van der Waals surface area contributed by atoms with E-state index >= 15 is 0 Å². The van der Waals surface area contributed by atoms with Crippen LogP contribution >= 0.6 is 0 Å². The quantitative estimate of drug-likeness (QED) is 0.901. The van der Waals surface area contributed by atoms with Crippen LogP contribution in [0, 0.1) is 6.92 Å². The number of nitrogens with zero attached hydrogens (tertiary/aromatic N) is 2. The van der Waals surface area contributed by atoms with Crippen molar-refractivity contribution in [3.05, 3.63) is 41.8 Å². The molecule has 1 heterocycles. The normalized spacial score (nSPS) is 10.2. The highest BCUT2D eigenvalue weighted by molar-refractivity contribution is 6.03. The summed E-state index contributed by atoms with van der Waals surface area (Å²) in [7, 11) is 3.93. The zero-order valence-corrected chi connectivity index (χ0v) is 10.6. The first kappa shape index (κ1) is 12.2. The Kier molecular flexibility index (Phi) is 3.32. The largest absolute Gasteiger partial charge is 0.378 e. The monoisotopic (exact) mass is 245 g/mol. The average molecular weight is 245 g/mol. The molecule has 0 spiro atoms. The summed E-state index contributed by atoms with van der Waals surface area (Å²) < 4.78 is 4.89. The minimum absolute atomic E-state index is 0.242. The van der Waals surface area contributed by atoms with Gasteiger partial charge < -0.3 is 14.7 Å². The molecule has 0 aliphatic rings. The molecule has 1 aromatic carbocycles. The van der Waals surface area contributed by atoms with Gasteiger partial charge in [-0.15, -0.1) is 0 Å². The van der Waals surface area contributed by atoms with Crippen molar-refractivity contribution in [2.45, 2.75) is 6.92 Å². The van der Waals surface area contributed by atoms with E-state index in [9.17, 15) is 4.79 Å². The molecule has 0 radical (unpaired) electrons. The number of aromatic nitrogens is 1. The molecule has 0 unspecified atom stereocenters. The van der Waals surface area contributed by atoms with E-state index in [0.29, 0.717) is 0 Å². The Labute approximate surface area is 105 Å². The van der Waals surface area contributed by atoms with Crippen LogP contribution in [-0.2, 0) is 0 Å². The summed E-state index contributed by atoms with van der Waals surface area (Å²) in [6.45, 7) is 1.78. The summed E-state index contributed by atoms with van der Waals surface area (Å²) in [5, 5.41) is 6.34. The summed E-state index contributed by atoms with van der Waals surface area (Å²) in [6, 6.07) is 7.56. The van der Waals surface area contributed by atoms with Crippen molar-refractivity contribution in [2.75, 3.05) is 24.3 Å². The highest BCUT2D eigenvalue weighted by Crippen LogP contribution is 2.17. The second-order valence-corrected chi connectivity index (χ2v) is 4.23. The molecular formula is C13H15N3O2. The maximum absolute atomic E-state index is 11.9. The Balaban J connectivity index is 2.10. The van der Waals surface area contributed by atoms with Gasteiger partial charge in [0.1, 0.15) is 0 Å². The van der Waals surface area contributed by atoms with E-state index in [2.05, 4.69) is 10.5 Å². The van der Waals surface area contributed by atoms with E-state index in [0.717, 1.165) is 16.9 Å². The summed E-state index contributed by atoms with van der Waals surface area (Å²) in [5.74, 6) is -0.0470. The molecule has 5 heteroatoms. The molecule has 0 saturated carbocycles. The smallest absolute Gasteiger partial charge is 0.294 e. The molecule has 0 aliphatic heterocycles. The number of nitrogens with one attached hydrogen (secondary N) is 1. The lowest BCUT2D eigenvalue weighted by Crippen LogP contribution is -2.12. The predicted octanol–water partition coefficient (Wildman–Crippen LogP) is 2.30. The van der Waals surface area contributed by atoms with E-state index in [4.69, 9.17) is 4.52 Å². The second-order valence-electron chi connectivity index (χ2n) is 4.23. The fraction of sp³-hybridized carbons (Fsp3) is 0.231. The number of hydrogen-bond donors (Lipinski definition) is 1. The number of carbonyl (C=O) groups is 1. The van der Waals surface area contributed by atoms with Gasteiger partial charge >= 0.3 is 0 Å². The zero-order chi connectivity index (χ0) is 13.1. The van der Waals surface area contributed by atoms with Crippen molar-refractivity contribution in [3.63, 3.8) is 0 Å². The minimum Gasteiger partial charge on any atom is -0.378 e. The Morgan fingerprint density at radius 1 is 1.28 bits per heavy atom. The van der Waals surface area contributed by atoms with Crippen LogP contribution in [0.3, 0.4) is 0 Å². The van der Waals surface area contributed by atoms with Crippen molar-refractivity contribution in [3.8, 4) is 0 Å². The van der Waals surface area contributed by atoms with Crippen LogP contribution in [0.25, 0.3) is 0 Å². The Morgan fingerprint density at radius 3 is 2.44 bits per heavy atom. The molecule has 2 aromatic rings. The van der Waals surface area contributed by atoms with Gasteiger partial charge in [0.15, 0.2) is 0 Å². The topological polar surface area (TPSA) is 58.4 Å². The van der Waals surface area contributed by atoms with Gasteiger partial charge in [-0.05, 0) is 31.2 Å². The molecule has 94 valence electrons. The van der Waals surface area contributed by atoms with Crippen molar-refractivity contribution < 1.29 is 9.32 Å². The lowest BCUT2D eigenvalue weighted by atomic mass is 10.2. The minimum atomic E-state index is -0.289. The number of hydrogen-bond acceptors (Lipinski definition) is 4. The number of benzene rings is 1. The van der Waals surface area contributed by atoms with Crippen molar-refractivity contribution in [2.24, 2.45) is 0 Å². The van der Waals surface area contributed by atoms with E-state index < -0.39 is 0 Å². The highest BCUT2D eigenvalue weighted by atomic mass is 16.5. The molecule has 0 fully saturated rings. The van der Waals surface area contributed by atoms with Gasteiger partial charge in [0.05, 0.1) is 6.20 Å². The van der Waals surface area contributed by atoms with Crippen LogP contribution < -0.4 is 10.2 Å². The van der Waals surface area contributed by atoms with E-state index in [1.165, 1.54) is 6.20 Å². The van der Waals surface area contributed by atoms with Crippen LogP contribution in [0.15, 0.2) is 35.0 Å². The second kappa shape index (κ2) is 4.91. The molecule has 0 saturated heterocycles. The fourth-order valence-corrected chi connectivity index (χ4v) is 1.54. The summed E-state index contributed by atoms with van der Waals surface area (Å²) in [4.78, 5) is 13.9. The number of rotatable bonds is 3. The zero-order valence-electron chi connectivity index (χ0n) is 10.6. The number of carbonyl (C=O) groups excluding carboxylic acids is 1. The van der Waals surface area contributed by atoms with Gasteiger partial charge in [-0.1, -0.05) is 5.16 Å². The third-order valence-corrected chi connectivity index (χ3v) is 2.60. The van der Waals surface area contributed by atoms with E-state index in [-0.39, 0.29) is 11.7 Å². The third-order valence-electron chi connectivity index (χ3n) is 2.60. The van der Waals surface area contributed by atoms with Crippen LogP contribution in [0.5, 0.6) is 0 Å². The van der Waals surface area contributed by atoms with Gasteiger partial charge in [-0.2, -0.15) is 0 Å². The van der Waals surface area contributed by atoms with Crippen LogP contribution in [0.1, 0.15) is 16.1 Å². The van der Waals surface area contributed by atoms with Gasteiger partial charge in [-0.3, -0.25) is 4.79 Å². The molecule has 2 rings (SSSR count). The molecule has 0 atom stereocenters. The Bertz CT molecular complexity index is 544. The van der Waals surface area contributed by atoms with Crippen molar-refractivity contribution in [1.82, 2.24) is 5.16 Å². The molecule has 18 heavy (non-hydrogen) atoms. The fourth-order valence-electron chi connectivity index (χ4n) is 1.54. The van der Waals surface area contributed by atoms with Gasteiger partial charge in [-0.25, -0.2) is 0 Å². The first-order valence-electron chi connectivity index (χ1n) is 5.58. The van der Waals surface area contributed by atoms with Crippen LogP contribution in [-0.4, -0.2) is 25.2 Å². The SMILES string of the molecule is Cc1cnoc1C(=O)Nc1ccc(N(C)C)cc1. The molecule has 1 N–H and O–H groups in total. The third kappa shape index (κ3) is 2.51. The highest BCUT2D eigenvalue weighted by Gasteiger charge is 2.14. The molecule has 1 amide bonds. The number of aryl methyl sites for hydroxylation is 1. The molecule has 5 nitrogen and oxygen atoms in total. The predicted molar refractivity (Wildman–Crippen MR) is 70.0 cm³/mol. The molecule has 0 aliphatic carbocycles. The van der Waals surface area contributed by atoms with E-state index in [1.807, 2.05) is 43.3 Å². The molecular weight excluding hydrogens is 230 g/mol. The lowest BCUT2D eigenvalue weighted by Gasteiger charge is -2.12. The lowest BCUT2D eigenvalue weighted by molar-refractivity contribution is 0.0987. The van der Waals surface area contributed by atoms with Crippen molar-refractivity contribution >= 4 is 17.3 Å². The Hall–Kier alpha value is -2.30. The standard InChI is InChI=1S/C13H15N3O2/c1-9-8-14-18-12(9)13(17)15-10-4-6-11(7-5-10)16(2)3/h4-8H,1-3H3,(H,15,17). The maximum atomic E-state index is 11.9. The first-order valence-corrected chi connectivity index (χ1v) is 5.58. The number of amides is 1. The molecule has 0 bridgehead atoms. The summed E-state index contributed by atoms with van der Waals surface area (Å²) in [5.41, 5.74) is 2.52. The summed E-state index contributed by atoms with van der Waals surface area (Å²) >= 11 is 0. The van der Waals surface area contributed by atoms with E-state index in [1.54, 1.807) is 6.92 Å². The van der Waals surface area contributed by atoms with Gasteiger partial charge in [0.25, 0.3) is 5.91 Å². The van der Waals surface area contributed by atoms with Crippen LogP contribution in [0.2, 0.25) is 0 Å². The maximum Gasteiger partial charge on any atom is 0.294 e. The van der Waals surface area contributed by atoms with Gasteiger partial charge in [0, 0.05) is 31.0 Å². The van der Waals surface area contributed by atoms with Gasteiger partial charge in [0.2, 0.25) is 5.76 Å². The number of anilines is 2. The average Bonchev–Trinajstić information content (AvgIpc) is 2.76. The van der Waals surface area contributed by atoms with Crippen molar-refractivity contribution in [1.29, 1.82) is 0 Å². The van der Waals surface area contributed by atoms with Crippen LogP contribution in [0.4, 0.5) is 11.4 Å². The Morgan fingerprint density at radius 2 is 1.94 bits per heavy atom. The molecule has 1 aromatic heterocycles. The first-order chi connectivity index (χ1) is 8.58. The summed E-state index contributed by atoms with van der Waals surface area (Å²) in [6.07, 6.45) is 1.52.